The normalized spacial score (nSPS) is 14.4. The fourth-order valence-corrected chi connectivity index (χ4v) is 2.80. The van der Waals surface area contributed by atoms with Gasteiger partial charge in [0, 0.05) is 24.0 Å². The number of benzene rings is 1. The molecular weight excluding hydrogens is 304 g/mol. The molecule has 0 atom stereocenters. The number of carbonyl (C=O) groups is 1. The highest BCUT2D eigenvalue weighted by Crippen LogP contribution is 2.30. The van der Waals surface area contributed by atoms with Crippen molar-refractivity contribution in [2.75, 3.05) is 10.0 Å². The van der Waals surface area contributed by atoms with Crippen LogP contribution in [0.2, 0.25) is 0 Å². The second-order valence-electron chi connectivity index (χ2n) is 4.97. The molecule has 1 aliphatic carbocycles. The minimum absolute atomic E-state index is 0.00797. The zero-order chi connectivity index (χ0) is 15.6. The number of amides is 1. The molecular formula is C14H14N4O3S. The van der Waals surface area contributed by atoms with Gasteiger partial charge < -0.3 is 5.32 Å². The zero-order valence-corrected chi connectivity index (χ0v) is 12.4. The number of aromatic nitrogens is 2. The second-order valence-corrected chi connectivity index (χ2v) is 6.65. The molecule has 22 heavy (non-hydrogen) atoms. The number of hydrogen-bond donors (Lipinski definition) is 2. The van der Waals surface area contributed by atoms with Crippen molar-refractivity contribution in [1.82, 2.24) is 9.97 Å². The van der Waals surface area contributed by atoms with Crippen LogP contribution in [0.1, 0.15) is 12.8 Å². The molecule has 1 fully saturated rings. The average Bonchev–Trinajstić information content (AvgIpc) is 3.33. The molecule has 3 rings (SSSR count). The van der Waals surface area contributed by atoms with Crippen LogP contribution in [-0.2, 0) is 14.8 Å². The minimum Gasteiger partial charge on any atom is -0.326 e. The first kappa shape index (κ1) is 14.5. The number of hydrogen-bond acceptors (Lipinski definition) is 5. The van der Waals surface area contributed by atoms with Crippen LogP contribution in [0.15, 0.2) is 47.6 Å². The highest BCUT2D eigenvalue weighted by atomic mass is 32.2. The molecule has 8 heteroatoms. The molecule has 1 aromatic carbocycles. The van der Waals surface area contributed by atoms with Crippen LogP contribution in [0, 0.1) is 5.92 Å². The van der Waals surface area contributed by atoms with E-state index in [1.54, 1.807) is 18.2 Å². The maximum Gasteiger partial charge on any atom is 0.264 e. The largest absolute Gasteiger partial charge is 0.326 e. The van der Waals surface area contributed by atoms with Crippen LogP contribution in [0.3, 0.4) is 0 Å². The Bertz CT molecular complexity index is 771. The van der Waals surface area contributed by atoms with Crippen LogP contribution in [0.5, 0.6) is 0 Å². The van der Waals surface area contributed by atoms with Crippen molar-refractivity contribution in [3.8, 4) is 0 Å². The van der Waals surface area contributed by atoms with Gasteiger partial charge in [0.1, 0.15) is 0 Å². The van der Waals surface area contributed by atoms with Crippen molar-refractivity contribution < 1.29 is 13.2 Å². The van der Waals surface area contributed by atoms with Crippen molar-refractivity contribution in [2.24, 2.45) is 5.92 Å². The minimum atomic E-state index is -3.75. The van der Waals surface area contributed by atoms with E-state index in [9.17, 15) is 13.2 Å². The molecule has 2 N–H and O–H groups in total. The molecule has 1 heterocycles. The van der Waals surface area contributed by atoms with E-state index >= 15 is 0 Å². The van der Waals surface area contributed by atoms with Gasteiger partial charge in [-0.15, -0.1) is 0 Å². The van der Waals surface area contributed by atoms with E-state index in [1.807, 2.05) is 0 Å². The Morgan fingerprint density at radius 2 is 1.73 bits per heavy atom. The smallest absolute Gasteiger partial charge is 0.264 e. The molecule has 0 unspecified atom stereocenters. The van der Waals surface area contributed by atoms with Gasteiger partial charge in [0.2, 0.25) is 11.9 Å². The first-order valence-corrected chi connectivity index (χ1v) is 8.24. The lowest BCUT2D eigenvalue weighted by Gasteiger charge is -2.08. The van der Waals surface area contributed by atoms with E-state index in [-0.39, 0.29) is 22.7 Å². The van der Waals surface area contributed by atoms with Gasteiger partial charge in [0.25, 0.3) is 10.0 Å². The topological polar surface area (TPSA) is 101 Å². The Balaban J connectivity index is 1.72. The maximum absolute atomic E-state index is 12.2. The highest BCUT2D eigenvalue weighted by molar-refractivity contribution is 7.92. The molecule has 1 aliphatic rings. The molecule has 0 bridgehead atoms. The molecule has 1 saturated carbocycles. The second kappa shape index (κ2) is 5.72. The van der Waals surface area contributed by atoms with Crippen LogP contribution in [0.4, 0.5) is 11.6 Å². The van der Waals surface area contributed by atoms with Crippen molar-refractivity contribution in [2.45, 2.75) is 17.7 Å². The average molecular weight is 318 g/mol. The van der Waals surface area contributed by atoms with Gasteiger partial charge in [0.15, 0.2) is 0 Å². The van der Waals surface area contributed by atoms with Gasteiger partial charge in [-0.25, -0.2) is 23.1 Å². The van der Waals surface area contributed by atoms with Crippen LogP contribution in [-0.4, -0.2) is 24.3 Å². The fourth-order valence-electron chi connectivity index (χ4n) is 1.84. The molecule has 7 nitrogen and oxygen atoms in total. The van der Waals surface area contributed by atoms with Gasteiger partial charge in [0.05, 0.1) is 4.90 Å². The zero-order valence-electron chi connectivity index (χ0n) is 11.6. The van der Waals surface area contributed by atoms with Crippen molar-refractivity contribution in [3.05, 3.63) is 42.7 Å². The Kier molecular flexibility index (Phi) is 3.76. The number of nitrogens with zero attached hydrogens (tertiary/aromatic N) is 2. The Morgan fingerprint density at radius 1 is 1.09 bits per heavy atom. The van der Waals surface area contributed by atoms with Gasteiger partial charge in [-0.3, -0.25) is 4.79 Å². The summed E-state index contributed by atoms with van der Waals surface area (Å²) in [5.41, 5.74) is 0.576. The Labute approximate surface area is 127 Å². The van der Waals surface area contributed by atoms with Crippen molar-refractivity contribution in [1.29, 1.82) is 0 Å². The molecule has 0 radical (unpaired) electrons. The predicted molar refractivity (Wildman–Crippen MR) is 80.6 cm³/mol. The van der Waals surface area contributed by atoms with E-state index in [0.29, 0.717) is 5.69 Å². The predicted octanol–water partition coefficient (Wildman–Crippen LogP) is 1.63. The molecule has 1 amide bonds. The van der Waals surface area contributed by atoms with Crippen LogP contribution >= 0.6 is 0 Å². The number of sulfonamides is 1. The van der Waals surface area contributed by atoms with Gasteiger partial charge in [-0.2, -0.15) is 0 Å². The van der Waals surface area contributed by atoms with Crippen molar-refractivity contribution >= 4 is 27.6 Å². The summed E-state index contributed by atoms with van der Waals surface area (Å²) in [7, 11) is -3.75. The summed E-state index contributed by atoms with van der Waals surface area (Å²) in [5, 5.41) is 2.75. The number of anilines is 2. The van der Waals surface area contributed by atoms with Gasteiger partial charge in [-0.05, 0) is 43.2 Å². The van der Waals surface area contributed by atoms with E-state index in [1.165, 1.54) is 24.5 Å². The molecule has 0 aliphatic heterocycles. The molecule has 1 aromatic heterocycles. The van der Waals surface area contributed by atoms with E-state index in [2.05, 4.69) is 20.0 Å². The molecule has 114 valence electrons. The van der Waals surface area contributed by atoms with E-state index < -0.39 is 10.0 Å². The third-order valence-corrected chi connectivity index (χ3v) is 4.52. The summed E-state index contributed by atoms with van der Waals surface area (Å²) in [6.45, 7) is 0. The summed E-state index contributed by atoms with van der Waals surface area (Å²) in [6, 6.07) is 7.55. The summed E-state index contributed by atoms with van der Waals surface area (Å²) in [5.74, 6) is 0.0836. The lowest BCUT2D eigenvalue weighted by Crippen LogP contribution is -2.15. The number of rotatable bonds is 5. The summed E-state index contributed by atoms with van der Waals surface area (Å²) in [6.07, 6.45) is 4.72. The van der Waals surface area contributed by atoms with E-state index in [4.69, 9.17) is 0 Å². The van der Waals surface area contributed by atoms with Crippen LogP contribution in [0.25, 0.3) is 0 Å². The third-order valence-electron chi connectivity index (χ3n) is 3.17. The third kappa shape index (κ3) is 3.40. The number of nitrogens with one attached hydrogen (secondary N) is 2. The van der Waals surface area contributed by atoms with Gasteiger partial charge >= 0.3 is 0 Å². The first-order valence-electron chi connectivity index (χ1n) is 6.75. The van der Waals surface area contributed by atoms with E-state index in [0.717, 1.165) is 12.8 Å². The maximum atomic E-state index is 12.2. The molecule has 0 saturated heterocycles. The molecule has 2 aromatic rings. The van der Waals surface area contributed by atoms with Gasteiger partial charge in [-0.1, -0.05) is 0 Å². The Morgan fingerprint density at radius 3 is 2.32 bits per heavy atom. The Hall–Kier alpha value is -2.48. The standard InChI is InChI=1S/C14H14N4O3S/c19-13(10-2-3-10)17-11-4-6-12(7-5-11)22(20,21)18-14-15-8-1-9-16-14/h1,4-10H,2-3H2,(H,17,19)(H,15,16,18). The lowest BCUT2D eigenvalue weighted by atomic mass is 10.3. The first-order chi connectivity index (χ1) is 10.5. The lowest BCUT2D eigenvalue weighted by molar-refractivity contribution is -0.117. The SMILES string of the molecule is O=C(Nc1ccc(S(=O)(=O)Nc2ncccn2)cc1)C1CC1. The number of carbonyl (C=O) groups excluding carboxylic acids is 1. The summed E-state index contributed by atoms with van der Waals surface area (Å²) < 4.78 is 26.6. The molecule has 0 spiro atoms. The summed E-state index contributed by atoms with van der Waals surface area (Å²) >= 11 is 0. The summed E-state index contributed by atoms with van der Waals surface area (Å²) in [4.78, 5) is 19.3. The quantitative estimate of drug-likeness (QED) is 0.872. The monoisotopic (exact) mass is 318 g/mol. The van der Waals surface area contributed by atoms with Crippen LogP contribution < -0.4 is 10.0 Å². The fraction of sp³-hybridized carbons (Fsp3) is 0.214. The van der Waals surface area contributed by atoms with Crippen molar-refractivity contribution in [3.63, 3.8) is 0 Å². The highest BCUT2D eigenvalue weighted by Gasteiger charge is 2.29.